The van der Waals surface area contributed by atoms with E-state index in [-0.39, 0.29) is 0 Å². The van der Waals surface area contributed by atoms with E-state index in [1.807, 2.05) is 31.2 Å². The number of hydrogen-bond donors (Lipinski definition) is 0. The minimum Gasteiger partial charge on any atom is -0.465 e. The molecule has 0 aliphatic heterocycles. The average Bonchev–Trinajstić information content (AvgIpc) is 2.84. The van der Waals surface area contributed by atoms with E-state index in [2.05, 4.69) is 15.9 Å². The van der Waals surface area contributed by atoms with Crippen molar-refractivity contribution in [3.63, 3.8) is 0 Å². The third kappa shape index (κ3) is 3.01. The Labute approximate surface area is 134 Å². The quantitative estimate of drug-likeness (QED) is 0.766. The van der Waals surface area contributed by atoms with E-state index in [4.69, 9.17) is 9.47 Å². The van der Waals surface area contributed by atoms with Crippen molar-refractivity contribution in [2.24, 2.45) is 0 Å². The topological polar surface area (TPSA) is 52.6 Å². The maximum absolute atomic E-state index is 12.0. The van der Waals surface area contributed by atoms with Gasteiger partial charge in [-0.15, -0.1) is 11.3 Å². The number of ether oxygens (including phenoxy) is 2. The van der Waals surface area contributed by atoms with E-state index < -0.39 is 11.9 Å². The van der Waals surface area contributed by atoms with Gasteiger partial charge in [0.1, 0.15) is 9.75 Å². The first-order chi connectivity index (χ1) is 9.99. The van der Waals surface area contributed by atoms with E-state index >= 15 is 0 Å². The number of rotatable bonds is 3. The van der Waals surface area contributed by atoms with Crippen LogP contribution < -0.4 is 0 Å². The standard InChI is InChI=1S/C15H13BrO4S/c1-8-4-6-9(7-5-8)10-11(16)13(15(18)20-3)21-12(10)14(17)19-2/h4-7H,1-3H3. The van der Waals surface area contributed by atoms with Crippen LogP contribution in [0.2, 0.25) is 0 Å². The Balaban J connectivity index is 2.67. The molecule has 0 amide bonds. The van der Waals surface area contributed by atoms with Gasteiger partial charge < -0.3 is 9.47 Å². The molecule has 0 aliphatic carbocycles. The fraction of sp³-hybridized carbons (Fsp3) is 0.200. The Hall–Kier alpha value is -1.66. The molecule has 0 saturated carbocycles. The number of methoxy groups -OCH3 is 2. The zero-order chi connectivity index (χ0) is 15.6. The lowest BCUT2D eigenvalue weighted by atomic mass is 10.0. The number of aryl methyl sites for hydroxylation is 1. The summed E-state index contributed by atoms with van der Waals surface area (Å²) in [5.74, 6) is -0.971. The number of thiophene rings is 1. The summed E-state index contributed by atoms with van der Waals surface area (Å²) in [5, 5.41) is 0. The molecule has 1 aromatic carbocycles. The Bertz CT molecular complexity index is 688. The maximum atomic E-state index is 12.0. The molecular weight excluding hydrogens is 356 g/mol. The van der Waals surface area contributed by atoms with Crippen molar-refractivity contribution in [2.75, 3.05) is 14.2 Å². The molecule has 0 atom stereocenters. The van der Waals surface area contributed by atoms with Gasteiger partial charge in [-0.1, -0.05) is 29.8 Å². The Morgan fingerprint density at radius 3 is 2.05 bits per heavy atom. The molecule has 0 aliphatic rings. The van der Waals surface area contributed by atoms with Crippen molar-refractivity contribution in [2.45, 2.75) is 6.92 Å². The lowest BCUT2D eigenvalue weighted by molar-refractivity contribution is 0.0599. The second-order valence-corrected chi connectivity index (χ2v) is 6.11. The monoisotopic (exact) mass is 368 g/mol. The molecule has 2 aromatic rings. The highest BCUT2D eigenvalue weighted by Gasteiger charge is 2.26. The normalized spacial score (nSPS) is 10.3. The summed E-state index contributed by atoms with van der Waals surface area (Å²) in [4.78, 5) is 24.5. The van der Waals surface area contributed by atoms with Crippen molar-refractivity contribution in [3.05, 3.63) is 44.1 Å². The van der Waals surface area contributed by atoms with Gasteiger partial charge >= 0.3 is 11.9 Å². The summed E-state index contributed by atoms with van der Waals surface area (Å²) >= 11 is 4.45. The van der Waals surface area contributed by atoms with Gasteiger partial charge in [0.05, 0.1) is 18.7 Å². The van der Waals surface area contributed by atoms with Gasteiger partial charge in [0.2, 0.25) is 0 Å². The number of carbonyl (C=O) groups is 2. The predicted molar refractivity (Wildman–Crippen MR) is 84.9 cm³/mol. The van der Waals surface area contributed by atoms with Crippen LogP contribution in [0.25, 0.3) is 11.1 Å². The maximum Gasteiger partial charge on any atom is 0.349 e. The second-order valence-electron chi connectivity index (χ2n) is 4.30. The van der Waals surface area contributed by atoms with Crippen LogP contribution in [0.15, 0.2) is 28.7 Å². The third-order valence-corrected chi connectivity index (χ3v) is 5.14. The lowest BCUT2D eigenvalue weighted by Gasteiger charge is -2.04. The molecule has 0 saturated heterocycles. The highest BCUT2D eigenvalue weighted by Crippen LogP contribution is 2.41. The summed E-state index contributed by atoms with van der Waals surface area (Å²) in [7, 11) is 2.62. The predicted octanol–water partition coefficient (Wildman–Crippen LogP) is 4.06. The molecule has 1 heterocycles. The number of carbonyl (C=O) groups excluding carboxylic acids is 2. The first-order valence-corrected chi connectivity index (χ1v) is 7.66. The average molecular weight is 369 g/mol. The zero-order valence-corrected chi connectivity index (χ0v) is 14.1. The smallest absolute Gasteiger partial charge is 0.349 e. The van der Waals surface area contributed by atoms with E-state index in [1.165, 1.54) is 14.2 Å². The van der Waals surface area contributed by atoms with Crippen LogP contribution in [-0.4, -0.2) is 26.2 Å². The van der Waals surface area contributed by atoms with Crippen LogP contribution in [-0.2, 0) is 9.47 Å². The van der Waals surface area contributed by atoms with Gasteiger partial charge in [-0.3, -0.25) is 0 Å². The molecule has 0 unspecified atom stereocenters. The molecule has 1 aromatic heterocycles. The molecule has 0 radical (unpaired) electrons. The molecule has 0 bridgehead atoms. The molecule has 6 heteroatoms. The molecule has 2 rings (SSSR count). The highest BCUT2D eigenvalue weighted by molar-refractivity contribution is 9.10. The molecule has 0 spiro atoms. The van der Waals surface area contributed by atoms with Crippen molar-refractivity contribution in [1.82, 2.24) is 0 Å². The summed E-state index contributed by atoms with van der Waals surface area (Å²) < 4.78 is 10.1. The largest absolute Gasteiger partial charge is 0.465 e. The summed E-state index contributed by atoms with van der Waals surface area (Å²) in [6.45, 7) is 1.98. The molecular formula is C15H13BrO4S. The van der Waals surface area contributed by atoms with Crippen molar-refractivity contribution in [3.8, 4) is 11.1 Å². The molecule has 21 heavy (non-hydrogen) atoms. The minimum atomic E-state index is -0.490. The van der Waals surface area contributed by atoms with E-state index in [0.29, 0.717) is 19.8 Å². The van der Waals surface area contributed by atoms with E-state index in [9.17, 15) is 9.59 Å². The number of benzene rings is 1. The van der Waals surface area contributed by atoms with Crippen LogP contribution in [0.1, 0.15) is 24.9 Å². The van der Waals surface area contributed by atoms with Crippen LogP contribution in [0.3, 0.4) is 0 Å². The van der Waals surface area contributed by atoms with Crippen molar-refractivity contribution >= 4 is 39.2 Å². The lowest BCUT2D eigenvalue weighted by Crippen LogP contribution is -2.00. The Morgan fingerprint density at radius 1 is 1.00 bits per heavy atom. The van der Waals surface area contributed by atoms with Crippen LogP contribution in [0.4, 0.5) is 0 Å². The van der Waals surface area contributed by atoms with Crippen LogP contribution in [0.5, 0.6) is 0 Å². The van der Waals surface area contributed by atoms with Gasteiger partial charge in [0.25, 0.3) is 0 Å². The number of hydrogen-bond acceptors (Lipinski definition) is 5. The van der Waals surface area contributed by atoms with E-state index in [1.54, 1.807) is 0 Å². The summed E-state index contributed by atoms with van der Waals surface area (Å²) in [6, 6.07) is 7.68. The van der Waals surface area contributed by atoms with Crippen LogP contribution >= 0.6 is 27.3 Å². The molecule has 0 fully saturated rings. The first kappa shape index (κ1) is 15.7. The number of esters is 2. The second kappa shape index (κ2) is 6.41. The summed E-state index contributed by atoms with van der Waals surface area (Å²) in [6.07, 6.45) is 0. The molecule has 110 valence electrons. The highest BCUT2D eigenvalue weighted by atomic mass is 79.9. The molecule has 0 N–H and O–H groups in total. The fourth-order valence-corrected chi connectivity index (χ4v) is 3.86. The number of halogens is 1. The molecule has 4 nitrogen and oxygen atoms in total. The SMILES string of the molecule is COC(=O)c1sc(C(=O)OC)c(-c2ccc(C)cc2)c1Br. The third-order valence-electron chi connectivity index (χ3n) is 2.93. The Kier molecular flexibility index (Phi) is 4.80. The van der Waals surface area contributed by atoms with Gasteiger partial charge in [-0.05, 0) is 28.4 Å². The van der Waals surface area contributed by atoms with Crippen molar-refractivity contribution in [1.29, 1.82) is 0 Å². The Morgan fingerprint density at radius 2 is 1.52 bits per heavy atom. The summed E-state index contributed by atoms with van der Waals surface area (Å²) in [5.41, 5.74) is 2.59. The first-order valence-electron chi connectivity index (χ1n) is 6.05. The van der Waals surface area contributed by atoms with Crippen molar-refractivity contribution < 1.29 is 19.1 Å². The fourth-order valence-electron chi connectivity index (χ4n) is 1.85. The van der Waals surface area contributed by atoms with Crippen LogP contribution in [0, 0.1) is 6.92 Å². The minimum absolute atomic E-state index is 0.341. The van der Waals surface area contributed by atoms with E-state index in [0.717, 1.165) is 22.5 Å². The zero-order valence-electron chi connectivity index (χ0n) is 11.7. The van der Waals surface area contributed by atoms with Gasteiger partial charge in [-0.2, -0.15) is 0 Å². The van der Waals surface area contributed by atoms with Gasteiger partial charge in [0.15, 0.2) is 0 Å². The van der Waals surface area contributed by atoms with Gasteiger partial charge in [-0.25, -0.2) is 9.59 Å². The van der Waals surface area contributed by atoms with Gasteiger partial charge in [0, 0.05) is 5.56 Å².